The van der Waals surface area contributed by atoms with Crippen molar-refractivity contribution in [3.8, 4) is 0 Å². The SMILES string of the molecule is CC(C)OCCCNC(=O)CC[C@@H]1Cc2ccccc2NC1=O. The average molecular weight is 318 g/mol. The number of amides is 2. The van der Waals surface area contributed by atoms with Crippen LogP contribution in [-0.4, -0.2) is 31.1 Å². The number of para-hydroxylation sites is 1. The van der Waals surface area contributed by atoms with Crippen LogP contribution in [0.2, 0.25) is 0 Å². The van der Waals surface area contributed by atoms with Crippen molar-refractivity contribution in [3.05, 3.63) is 29.8 Å². The molecule has 1 aliphatic rings. The summed E-state index contributed by atoms with van der Waals surface area (Å²) in [5.74, 6) is -0.108. The first kappa shape index (κ1) is 17.5. The molecule has 0 spiro atoms. The van der Waals surface area contributed by atoms with Gasteiger partial charge in [0.1, 0.15) is 0 Å². The molecule has 0 unspecified atom stereocenters. The molecule has 1 heterocycles. The van der Waals surface area contributed by atoms with E-state index >= 15 is 0 Å². The number of fused-ring (bicyclic) bond motifs is 1. The zero-order chi connectivity index (χ0) is 16.7. The van der Waals surface area contributed by atoms with E-state index in [1.54, 1.807) is 0 Å². The molecule has 1 aliphatic heterocycles. The summed E-state index contributed by atoms with van der Waals surface area (Å²) >= 11 is 0. The maximum absolute atomic E-state index is 12.1. The smallest absolute Gasteiger partial charge is 0.227 e. The Labute approximate surface area is 137 Å². The van der Waals surface area contributed by atoms with Gasteiger partial charge in [-0.15, -0.1) is 0 Å². The van der Waals surface area contributed by atoms with Crippen LogP contribution in [0.3, 0.4) is 0 Å². The van der Waals surface area contributed by atoms with Gasteiger partial charge < -0.3 is 15.4 Å². The molecular formula is C18H26N2O3. The minimum atomic E-state index is -0.125. The molecule has 1 atom stereocenters. The van der Waals surface area contributed by atoms with Crippen LogP contribution in [0.4, 0.5) is 5.69 Å². The molecule has 5 heteroatoms. The Morgan fingerprint density at radius 1 is 1.39 bits per heavy atom. The fourth-order valence-corrected chi connectivity index (χ4v) is 2.66. The predicted molar refractivity (Wildman–Crippen MR) is 90.2 cm³/mol. The normalized spacial score (nSPS) is 16.8. The van der Waals surface area contributed by atoms with Crippen molar-refractivity contribution in [3.63, 3.8) is 0 Å². The van der Waals surface area contributed by atoms with Crippen LogP contribution in [0.15, 0.2) is 24.3 Å². The van der Waals surface area contributed by atoms with Crippen LogP contribution < -0.4 is 10.6 Å². The number of carbonyl (C=O) groups excluding carboxylic acids is 2. The molecule has 0 aromatic heterocycles. The highest BCUT2D eigenvalue weighted by atomic mass is 16.5. The number of carbonyl (C=O) groups is 2. The van der Waals surface area contributed by atoms with Gasteiger partial charge in [0.2, 0.25) is 11.8 Å². The van der Waals surface area contributed by atoms with Gasteiger partial charge in [0.05, 0.1) is 6.10 Å². The summed E-state index contributed by atoms with van der Waals surface area (Å²) in [7, 11) is 0. The summed E-state index contributed by atoms with van der Waals surface area (Å²) in [5.41, 5.74) is 2.03. The van der Waals surface area contributed by atoms with Crippen LogP contribution in [0, 0.1) is 5.92 Å². The molecular weight excluding hydrogens is 292 g/mol. The average Bonchev–Trinajstić information content (AvgIpc) is 2.52. The van der Waals surface area contributed by atoms with Crippen LogP contribution in [0.25, 0.3) is 0 Å². The number of rotatable bonds is 8. The third-order valence-corrected chi connectivity index (χ3v) is 3.93. The van der Waals surface area contributed by atoms with E-state index < -0.39 is 0 Å². The summed E-state index contributed by atoms with van der Waals surface area (Å²) in [5, 5.41) is 5.80. The van der Waals surface area contributed by atoms with E-state index in [9.17, 15) is 9.59 Å². The van der Waals surface area contributed by atoms with Gasteiger partial charge in [-0.1, -0.05) is 18.2 Å². The van der Waals surface area contributed by atoms with Gasteiger partial charge in [0.25, 0.3) is 0 Å². The molecule has 2 amide bonds. The van der Waals surface area contributed by atoms with Crippen LogP contribution in [-0.2, 0) is 20.7 Å². The van der Waals surface area contributed by atoms with Crippen LogP contribution >= 0.6 is 0 Å². The predicted octanol–water partition coefficient (Wildman–Crippen LogP) is 2.51. The van der Waals surface area contributed by atoms with Gasteiger partial charge in [-0.2, -0.15) is 0 Å². The van der Waals surface area contributed by atoms with E-state index in [1.165, 1.54) is 0 Å². The second-order valence-corrected chi connectivity index (χ2v) is 6.21. The lowest BCUT2D eigenvalue weighted by atomic mass is 9.89. The number of hydrogen-bond acceptors (Lipinski definition) is 3. The lowest BCUT2D eigenvalue weighted by molar-refractivity contribution is -0.122. The summed E-state index contributed by atoms with van der Waals surface area (Å²) < 4.78 is 5.42. The molecule has 2 N–H and O–H groups in total. The highest BCUT2D eigenvalue weighted by Gasteiger charge is 2.26. The molecule has 1 aromatic carbocycles. The zero-order valence-electron chi connectivity index (χ0n) is 13.9. The maximum atomic E-state index is 12.1. The second kappa shape index (κ2) is 8.67. The highest BCUT2D eigenvalue weighted by molar-refractivity contribution is 5.96. The maximum Gasteiger partial charge on any atom is 0.227 e. The van der Waals surface area contributed by atoms with Gasteiger partial charge in [0.15, 0.2) is 0 Å². The molecule has 0 bridgehead atoms. The van der Waals surface area contributed by atoms with E-state index in [0.717, 1.165) is 17.7 Å². The summed E-state index contributed by atoms with van der Waals surface area (Å²) in [6.45, 7) is 5.25. The van der Waals surface area contributed by atoms with E-state index in [-0.39, 0.29) is 23.8 Å². The minimum absolute atomic E-state index is 0.00112. The first-order chi connectivity index (χ1) is 11.1. The Morgan fingerprint density at radius 3 is 2.96 bits per heavy atom. The number of benzene rings is 1. The summed E-state index contributed by atoms with van der Waals surface area (Å²) in [4.78, 5) is 23.9. The Kier molecular flexibility index (Phi) is 6.59. The number of hydrogen-bond donors (Lipinski definition) is 2. The topological polar surface area (TPSA) is 67.4 Å². The van der Waals surface area contributed by atoms with Gasteiger partial charge in [-0.05, 0) is 44.7 Å². The lowest BCUT2D eigenvalue weighted by Crippen LogP contribution is -2.32. The minimum Gasteiger partial charge on any atom is -0.379 e. The van der Waals surface area contributed by atoms with E-state index in [4.69, 9.17) is 4.74 Å². The third-order valence-electron chi connectivity index (χ3n) is 3.93. The molecule has 1 aromatic rings. The van der Waals surface area contributed by atoms with Gasteiger partial charge in [-0.25, -0.2) is 0 Å². The Balaban J connectivity index is 1.67. The van der Waals surface area contributed by atoms with Crippen LogP contribution in [0.5, 0.6) is 0 Å². The summed E-state index contributed by atoms with van der Waals surface area (Å²) in [6.07, 6.45) is 2.69. The standard InChI is InChI=1S/C18H26N2O3/c1-13(2)23-11-5-10-19-17(21)9-8-15-12-14-6-3-4-7-16(14)20-18(15)22/h3-4,6-7,13,15H,5,8-12H2,1-2H3,(H,19,21)(H,20,22)/t15-/m1/s1. The molecule has 0 saturated heterocycles. The molecule has 0 radical (unpaired) electrons. The van der Waals surface area contributed by atoms with Crippen LogP contribution in [0.1, 0.15) is 38.7 Å². The van der Waals surface area contributed by atoms with Crippen molar-refractivity contribution in [2.75, 3.05) is 18.5 Å². The fraction of sp³-hybridized carbons (Fsp3) is 0.556. The first-order valence-electron chi connectivity index (χ1n) is 8.33. The fourth-order valence-electron chi connectivity index (χ4n) is 2.66. The molecule has 0 aliphatic carbocycles. The van der Waals surface area contributed by atoms with Gasteiger partial charge in [-0.3, -0.25) is 9.59 Å². The van der Waals surface area contributed by atoms with E-state index in [2.05, 4.69) is 10.6 Å². The monoisotopic (exact) mass is 318 g/mol. The van der Waals surface area contributed by atoms with Gasteiger partial charge in [0, 0.05) is 31.2 Å². The first-order valence-corrected chi connectivity index (χ1v) is 8.33. The number of ether oxygens (including phenoxy) is 1. The van der Waals surface area contributed by atoms with Crippen molar-refractivity contribution in [1.29, 1.82) is 0 Å². The quantitative estimate of drug-likeness (QED) is 0.724. The van der Waals surface area contributed by atoms with Crippen molar-refractivity contribution >= 4 is 17.5 Å². The van der Waals surface area contributed by atoms with Crippen molar-refractivity contribution in [2.45, 2.75) is 45.6 Å². The zero-order valence-corrected chi connectivity index (χ0v) is 13.9. The molecule has 0 saturated carbocycles. The molecule has 126 valence electrons. The molecule has 5 nitrogen and oxygen atoms in total. The highest BCUT2D eigenvalue weighted by Crippen LogP contribution is 2.27. The molecule has 0 fully saturated rings. The Morgan fingerprint density at radius 2 is 2.17 bits per heavy atom. The largest absolute Gasteiger partial charge is 0.379 e. The molecule has 2 rings (SSSR count). The summed E-state index contributed by atoms with van der Waals surface area (Å²) in [6, 6.07) is 7.82. The van der Waals surface area contributed by atoms with Crippen molar-refractivity contribution in [1.82, 2.24) is 5.32 Å². The van der Waals surface area contributed by atoms with E-state index in [1.807, 2.05) is 38.1 Å². The molecule has 23 heavy (non-hydrogen) atoms. The Bertz CT molecular complexity index is 543. The second-order valence-electron chi connectivity index (χ2n) is 6.21. The van der Waals surface area contributed by atoms with E-state index in [0.29, 0.717) is 32.4 Å². The van der Waals surface area contributed by atoms with Gasteiger partial charge >= 0.3 is 0 Å². The van der Waals surface area contributed by atoms with Crippen molar-refractivity contribution < 1.29 is 14.3 Å². The lowest BCUT2D eigenvalue weighted by Gasteiger charge is -2.24. The van der Waals surface area contributed by atoms with Crippen molar-refractivity contribution in [2.24, 2.45) is 5.92 Å². The third kappa shape index (κ3) is 5.67. The number of nitrogens with one attached hydrogen (secondary N) is 2. The number of anilines is 1. The Hall–Kier alpha value is -1.88.